The topological polar surface area (TPSA) is 72.2 Å². The average molecular weight is 222 g/mol. The maximum absolute atomic E-state index is 13.0. The number of hydrogen-bond donors (Lipinski definition) is 2. The number of aryl methyl sites for hydroxylation is 1. The van der Waals surface area contributed by atoms with Gasteiger partial charge in [-0.3, -0.25) is 4.72 Å². The van der Waals surface area contributed by atoms with Crippen molar-refractivity contribution in [2.24, 2.45) is 5.14 Å². The Hall–Kier alpha value is -1.21. The Balaban J connectivity index is 3.17. The van der Waals surface area contributed by atoms with Crippen molar-refractivity contribution in [2.75, 3.05) is 4.72 Å². The van der Waals surface area contributed by atoms with Crippen LogP contribution in [0.25, 0.3) is 0 Å². The Kier molecular flexibility index (Phi) is 2.72. The van der Waals surface area contributed by atoms with Gasteiger partial charge in [0.05, 0.1) is 5.69 Å². The summed E-state index contributed by atoms with van der Waals surface area (Å²) in [4.78, 5) is 0. The van der Waals surface area contributed by atoms with Crippen LogP contribution in [0.1, 0.15) is 5.56 Å². The molecule has 0 aromatic heterocycles. The SMILES string of the molecule is Cc1cc(F)c(NS(N)(=O)=O)cc1F. The van der Waals surface area contributed by atoms with Gasteiger partial charge in [0.15, 0.2) is 0 Å². The van der Waals surface area contributed by atoms with E-state index in [0.29, 0.717) is 0 Å². The number of nitrogens with two attached hydrogens (primary N) is 1. The van der Waals surface area contributed by atoms with Crippen molar-refractivity contribution in [3.05, 3.63) is 29.3 Å². The third kappa shape index (κ3) is 2.64. The number of benzene rings is 1. The van der Waals surface area contributed by atoms with Gasteiger partial charge in [-0.25, -0.2) is 13.9 Å². The minimum atomic E-state index is -4.09. The van der Waals surface area contributed by atoms with Gasteiger partial charge in [0, 0.05) is 6.07 Å². The second kappa shape index (κ2) is 3.50. The Bertz CT molecular complexity index is 459. The lowest BCUT2D eigenvalue weighted by molar-refractivity contribution is 0.591. The maximum Gasteiger partial charge on any atom is 0.296 e. The molecule has 0 aliphatic carbocycles. The first-order valence-corrected chi connectivity index (χ1v) is 5.10. The van der Waals surface area contributed by atoms with E-state index in [2.05, 4.69) is 5.14 Å². The summed E-state index contributed by atoms with van der Waals surface area (Å²) in [5.41, 5.74) is -0.418. The molecule has 3 N–H and O–H groups in total. The van der Waals surface area contributed by atoms with Gasteiger partial charge in [-0.15, -0.1) is 0 Å². The summed E-state index contributed by atoms with van der Waals surface area (Å²) in [7, 11) is -4.09. The van der Waals surface area contributed by atoms with E-state index < -0.39 is 27.5 Å². The van der Waals surface area contributed by atoms with Crippen LogP contribution in [0, 0.1) is 18.6 Å². The second-order valence-corrected chi connectivity index (χ2v) is 4.02. The highest BCUT2D eigenvalue weighted by Crippen LogP contribution is 2.19. The molecule has 14 heavy (non-hydrogen) atoms. The maximum atomic E-state index is 13.0. The van der Waals surface area contributed by atoms with Crippen molar-refractivity contribution in [3.8, 4) is 0 Å². The van der Waals surface area contributed by atoms with Crippen molar-refractivity contribution in [2.45, 2.75) is 6.92 Å². The number of hydrogen-bond acceptors (Lipinski definition) is 2. The molecule has 0 bridgehead atoms. The summed E-state index contributed by atoms with van der Waals surface area (Å²) >= 11 is 0. The number of nitrogens with one attached hydrogen (secondary N) is 1. The molecule has 0 spiro atoms. The summed E-state index contributed by atoms with van der Waals surface area (Å²) in [5, 5.41) is 4.60. The van der Waals surface area contributed by atoms with Crippen molar-refractivity contribution in [1.82, 2.24) is 0 Å². The molecule has 0 aliphatic heterocycles. The van der Waals surface area contributed by atoms with Crippen LogP contribution in [0.3, 0.4) is 0 Å². The number of rotatable bonds is 2. The van der Waals surface area contributed by atoms with Gasteiger partial charge in [0.1, 0.15) is 11.6 Å². The normalized spacial score (nSPS) is 11.4. The summed E-state index contributed by atoms with van der Waals surface area (Å²) in [6.07, 6.45) is 0. The lowest BCUT2D eigenvalue weighted by Gasteiger charge is -2.06. The molecule has 0 unspecified atom stereocenters. The van der Waals surface area contributed by atoms with Crippen LogP contribution in [0.4, 0.5) is 14.5 Å². The van der Waals surface area contributed by atoms with E-state index in [0.717, 1.165) is 12.1 Å². The zero-order valence-corrected chi connectivity index (χ0v) is 8.03. The molecule has 0 atom stereocenters. The molecule has 4 nitrogen and oxygen atoms in total. The predicted octanol–water partition coefficient (Wildman–Crippen LogP) is 0.889. The minimum absolute atomic E-state index is 0.0856. The van der Waals surface area contributed by atoms with E-state index in [1.165, 1.54) is 6.92 Å². The molecule has 0 fully saturated rings. The lowest BCUT2D eigenvalue weighted by atomic mass is 10.2. The first-order chi connectivity index (χ1) is 6.29. The third-order valence-corrected chi connectivity index (χ3v) is 2.00. The van der Waals surface area contributed by atoms with Gasteiger partial charge in [-0.1, -0.05) is 0 Å². The Morgan fingerprint density at radius 1 is 1.29 bits per heavy atom. The van der Waals surface area contributed by atoms with Gasteiger partial charge in [0.25, 0.3) is 10.2 Å². The van der Waals surface area contributed by atoms with E-state index in [-0.39, 0.29) is 5.56 Å². The van der Waals surface area contributed by atoms with Crippen LogP contribution in [-0.4, -0.2) is 8.42 Å². The summed E-state index contributed by atoms with van der Waals surface area (Å²) in [6.45, 7) is 1.36. The van der Waals surface area contributed by atoms with Crippen LogP contribution in [0.2, 0.25) is 0 Å². The zero-order chi connectivity index (χ0) is 10.9. The summed E-state index contributed by atoms with van der Waals surface area (Å²) in [6, 6.07) is 1.61. The highest BCUT2D eigenvalue weighted by molar-refractivity contribution is 7.90. The minimum Gasteiger partial charge on any atom is -0.268 e. The zero-order valence-electron chi connectivity index (χ0n) is 7.21. The van der Waals surface area contributed by atoms with E-state index in [1.807, 2.05) is 0 Å². The number of halogens is 2. The Morgan fingerprint density at radius 3 is 2.36 bits per heavy atom. The van der Waals surface area contributed by atoms with E-state index in [1.54, 1.807) is 4.72 Å². The molecule has 1 aromatic rings. The van der Waals surface area contributed by atoms with Crippen LogP contribution >= 0.6 is 0 Å². The quantitative estimate of drug-likeness (QED) is 0.779. The fraction of sp³-hybridized carbons (Fsp3) is 0.143. The largest absolute Gasteiger partial charge is 0.296 e. The average Bonchev–Trinajstić information content (AvgIpc) is 1.97. The first-order valence-electron chi connectivity index (χ1n) is 3.56. The molecule has 0 saturated carbocycles. The summed E-state index contributed by atoms with van der Waals surface area (Å²) in [5.74, 6) is -1.59. The highest BCUT2D eigenvalue weighted by atomic mass is 32.2. The molecule has 0 amide bonds. The second-order valence-electron chi connectivity index (χ2n) is 2.73. The van der Waals surface area contributed by atoms with Crippen molar-refractivity contribution < 1.29 is 17.2 Å². The van der Waals surface area contributed by atoms with Gasteiger partial charge in [-0.05, 0) is 18.6 Å². The molecular weight excluding hydrogens is 214 g/mol. The molecule has 7 heteroatoms. The summed E-state index contributed by atoms with van der Waals surface area (Å²) < 4.78 is 48.6. The molecule has 0 aliphatic rings. The number of anilines is 1. The van der Waals surface area contributed by atoms with Crippen molar-refractivity contribution >= 4 is 15.9 Å². The first kappa shape index (κ1) is 10.9. The fourth-order valence-electron chi connectivity index (χ4n) is 0.878. The molecule has 1 aromatic carbocycles. The van der Waals surface area contributed by atoms with Gasteiger partial charge >= 0.3 is 0 Å². The Morgan fingerprint density at radius 2 is 1.86 bits per heavy atom. The fourth-order valence-corrected chi connectivity index (χ4v) is 1.34. The molecule has 78 valence electrons. The van der Waals surface area contributed by atoms with E-state index in [4.69, 9.17) is 0 Å². The smallest absolute Gasteiger partial charge is 0.268 e. The molecule has 1 rings (SSSR count). The van der Waals surface area contributed by atoms with E-state index >= 15 is 0 Å². The van der Waals surface area contributed by atoms with Crippen LogP contribution in [0.15, 0.2) is 12.1 Å². The van der Waals surface area contributed by atoms with Gasteiger partial charge in [-0.2, -0.15) is 8.42 Å². The molecular formula is C7H8F2N2O2S. The van der Waals surface area contributed by atoms with Gasteiger partial charge < -0.3 is 0 Å². The molecule has 0 heterocycles. The Labute approximate surface area is 79.9 Å². The van der Waals surface area contributed by atoms with Crippen molar-refractivity contribution in [3.63, 3.8) is 0 Å². The molecule has 0 saturated heterocycles. The van der Waals surface area contributed by atoms with E-state index in [9.17, 15) is 17.2 Å². The lowest BCUT2D eigenvalue weighted by Crippen LogP contribution is -2.22. The predicted molar refractivity (Wildman–Crippen MR) is 47.8 cm³/mol. The van der Waals surface area contributed by atoms with Crippen LogP contribution in [-0.2, 0) is 10.2 Å². The standard InChI is InChI=1S/C7H8F2N2O2S/c1-4-2-6(9)7(3-5(4)8)11-14(10,12)13/h2-3,11H,1H3,(H2,10,12,13). The van der Waals surface area contributed by atoms with Crippen LogP contribution < -0.4 is 9.86 Å². The highest BCUT2D eigenvalue weighted by Gasteiger charge is 2.10. The van der Waals surface area contributed by atoms with Crippen LogP contribution in [0.5, 0.6) is 0 Å². The third-order valence-electron chi connectivity index (χ3n) is 1.50. The van der Waals surface area contributed by atoms with Gasteiger partial charge in [0.2, 0.25) is 0 Å². The van der Waals surface area contributed by atoms with Crippen molar-refractivity contribution in [1.29, 1.82) is 0 Å². The molecule has 0 radical (unpaired) electrons. The monoisotopic (exact) mass is 222 g/mol.